The molecule has 5 nitrogen and oxygen atoms in total. The second kappa shape index (κ2) is 8.67. The first kappa shape index (κ1) is 18.2. The van der Waals surface area contributed by atoms with E-state index in [0.29, 0.717) is 18.1 Å². The Hall–Kier alpha value is -2.60. The Morgan fingerprint density at radius 1 is 1.04 bits per heavy atom. The predicted molar refractivity (Wildman–Crippen MR) is 100 cm³/mol. The molecule has 0 bridgehead atoms. The van der Waals surface area contributed by atoms with E-state index < -0.39 is 0 Å². The molecule has 3 rings (SSSR count). The van der Waals surface area contributed by atoms with Crippen LogP contribution in [-0.4, -0.2) is 56.5 Å². The predicted octanol–water partition coefficient (Wildman–Crippen LogP) is 2.99. The molecule has 6 heteroatoms. The first-order chi connectivity index (χ1) is 12.6. The quantitative estimate of drug-likeness (QED) is 0.745. The van der Waals surface area contributed by atoms with Crippen molar-refractivity contribution < 1.29 is 13.9 Å². The summed E-state index contributed by atoms with van der Waals surface area (Å²) >= 11 is 0. The molecular weight excluding hydrogens is 333 g/mol. The lowest BCUT2D eigenvalue weighted by Crippen LogP contribution is -2.41. The molecule has 0 amide bonds. The van der Waals surface area contributed by atoms with Crippen molar-refractivity contribution >= 4 is 6.21 Å². The lowest BCUT2D eigenvalue weighted by Gasteiger charge is -2.30. The van der Waals surface area contributed by atoms with E-state index in [1.54, 1.807) is 19.2 Å². The van der Waals surface area contributed by atoms with Crippen LogP contribution in [0, 0.1) is 5.82 Å². The highest BCUT2D eigenvalue weighted by atomic mass is 19.1. The Labute approximate surface area is 153 Å². The summed E-state index contributed by atoms with van der Waals surface area (Å²) in [6, 6.07) is 12.0. The van der Waals surface area contributed by atoms with Gasteiger partial charge in [-0.1, -0.05) is 12.1 Å². The summed E-state index contributed by atoms with van der Waals surface area (Å²) in [5.41, 5.74) is 1.85. The average molecular weight is 357 g/mol. The van der Waals surface area contributed by atoms with Crippen LogP contribution in [0.4, 0.5) is 4.39 Å². The van der Waals surface area contributed by atoms with Gasteiger partial charge in [0.2, 0.25) is 0 Å². The highest BCUT2D eigenvalue weighted by molar-refractivity contribution is 5.80. The second-order valence-electron chi connectivity index (χ2n) is 6.33. The summed E-state index contributed by atoms with van der Waals surface area (Å²) in [6.07, 6.45) is 1.84. The average Bonchev–Trinajstić information content (AvgIpc) is 2.67. The van der Waals surface area contributed by atoms with Crippen molar-refractivity contribution in [3.63, 3.8) is 0 Å². The Bertz CT molecular complexity index is 741. The van der Waals surface area contributed by atoms with Crippen molar-refractivity contribution in [2.45, 2.75) is 6.61 Å². The number of hydrazone groups is 1. The number of piperazine rings is 1. The van der Waals surface area contributed by atoms with Crippen LogP contribution in [0.5, 0.6) is 11.5 Å². The molecule has 0 radical (unpaired) electrons. The maximum atomic E-state index is 13.0. The molecule has 1 fully saturated rings. The molecule has 1 aliphatic rings. The fourth-order valence-electron chi connectivity index (χ4n) is 2.69. The maximum Gasteiger partial charge on any atom is 0.161 e. The Balaban J connectivity index is 1.62. The zero-order valence-corrected chi connectivity index (χ0v) is 15.2. The third kappa shape index (κ3) is 4.95. The van der Waals surface area contributed by atoms with E-state index in [1.165, 1.54) is 12.1 Å². The van der Waals surface area contributed by atoms with Gasteiger partial charge in [-0.2, -0.15) is 5.10 Å². The summed E-state index contributed by atoms with van der Waals surface area (Å²) in [5, 5.41) is 6.62. The van der Waals surface area contributed by atoms with Crippen molar-refractivity contribution in [3.05, 3.63) is 59.4 Å². The summed E-state index contributed by atoms with van der Waals surface area (Å²) in [7, 11) is 3.73. The minimum absolute atomic E-state index is 0.254. The Kier molecular flexibility index (Phi) is 6.07. The largest absolute Gasteiger partial charge is 0.493 e. The van der Waals surface area contributed by atoms with Crippen LogP contribution in [0.1, 0.15) is 11.1 Å². The Morgan fingerprint density at radius 2 is 1.77 bits per heavy atom. The molecule has 0 unspecified atom stereocenters. The van der Waals surface area contributed by atoms with Gasteiger partial charge in [0.15, 0.2) is 11.5 Å². The third-order valence-corrected chi connectivity index (χ3v) is 4.35. The number of hydrogen-bond acceptors (Lipinski definition) is 5. The van der Waals surface area contributed by atoms with E-state index in [1.807, 2.05) is 24.4 Å². The number of ether oxygens (including phenoxy) is 2. The lowest BCUT2D eigenvalue weighted by molar-refractivity contribution is 0.159. The fourth-order valence-corrected chi connectivity index (χ4v) is 2.69. The zero-order valence-electron chi connectivity index (χ0n) is 15.2. The van der Waals surface area contributed by atoms with Crippen molar-refractivity contribution in [2.75, 3.05) is 40.3 Å². The maximum absolute atomic E-state index is 13.0. The van der Waals surface area contributed by atoms with Gasteiger partial charge in [0.1, 0.15) is 12.4 Å². The highest BCUT2D eigenvalue weighted by Crippen LogP contribution is 2.28. The van der Waals surface area contributed by atoms with Crippen LogP contribution in [0.3, 0.4) is 0 Å². The lowest BCUT2D eigenvalue weighted by atomic mass is 10.2. The topological polar surface area (TPSA) is 37.3 Å². The third-order valence-electron chi connectivity index (χ3n) is 4.35. The highest BCUT2D eigenvalue weighted by Gasteiger charge is 2.11. The van der Waals surface area contributed by atoms with Gasteiger partial charge >= 0.3 is 0 Å². The molecule has 2 aromatic carbocycles. The van der Waals surface area contributed by atoms with Gasteiger partial charge < -0.3 is 14.4 Å². The minimum atomic E-state index is -0.254. The van der Waals surface area contributed by atoms with E-state index in [9.17, 15) is 4.39 Å². The second-order valence-corrected chi connectivity index (χ2v) is 6.33. The molecule has 138 valence electrons. The van der Waals surface area contributed by atoms with Crippen molar-refractivity contribution in [1.29, 1.82) is 0 Å². The van der Waals surface area contributed by atoms with Crippen LogP contribution in [0.25, 0.3) is 0 Å². The van der Waals surface area contributed by atoms with Crippen LogP contribution in [-0.2, 0) is 6.61 Å². The van der Waals surface area contributed by atoms with Crippen LogP contribution in [0.2, 0.25) is 0 Å². The molecule has 0 aromatic heterocycles. The van der Waals surface area contributed by atoms with Crippen molar-refractivity contribution in [1.82, 2.24) is 9.91 Å². The van der Waals surface area contributed by atoms with Gasteiger partial charge in [-0.25, -0.2) is 4.39 Å². The summed E-state index contributed by atoms with van der Waals surface area (Å²) < 4.78 is 24.2. The number of likely N-dealkylation sites (N-methyl/N-ethyl adjacent to an activating group) is 1. The van der Waals surface area contributed by atoms with E-state index >= 15 is 0 Å². The van der Waals surface area contributed by atoms with Crippen LogP contribution in [0.15, 0.2) is 47.6 Å². The van der Waals surface area contributed by atoms with E-state index in [4.69, 9.17) is 9.47 Å². The van der Waals surface area contributed by atoms with Gasteiger partial charge in [-0.05, 0) is 48.5 Å². The van der Waals surface area contributed by atoms with Crippen molar-refractivity contribution in [3.8, 4) is 11.5 Å². The first-order valence-corrected chi connectivity index (χ1v) is 8.67. The van der Waals surface area contributed by atoms with Gasteiger partial charge in [0.05, 0.1) is 13.3 Å². The van der Waals surface area contributed by atoms with Gasteiger partial charge in [-0.3, -0.25) is 5.01 Å². The minimum Gasteiger partial charge on any atom is -0.493 e. The SMILES string of the molecule is COc1cc(C=NN2CCN(C)CC2)ccc1OCc1ccc(F)cc1. The molecule has 1 saturated heterocycles. The molecular formula is C20H24FN3O2. The standard InChI is InChI=1S/C20H24FN3O2/c1-23-9-11-24(12-10-23)22-14-17-5-8-19(20(13-17)25-2)26-15-16-3-6-18(21)7-4-16/h3-8,13-14H,9-12,15H2,1-2H3. The zero-order chi connectivity index (χ0) is 18.4. The Morgan fingerprint density at radius 3 is 2.46 bits per heavy atom. The summed E-state index contributed by atoms with van der Waals surface area (Å²) in [6.45, 7) is 4.27. The molecule has 26 heavy (non-hydrogen) atoms. The van der Waals surface area contributed by atoms with E-state index in [0.717, 1.165) is 37.3 Å². The number of nitrogens with zero attached hydrogens (tertiary/aromatic N) is 3. The number of halogens is 1. The molecule has 0 atom stereocenters. The van der Waals surface area contributed by atoms with E-state index in [2.05, 4.69) is 22.1 Å². The molecule has 0 N–H and O–H groups in total. The van der Waals surface area contributed by atoms with E-state index in [-0.39, 0.29) is 5.82 Å². The van der Waals surface area contributed by atoms with Crippen LogP contribution >= 0.6 is 0 Å². The van der Waals surface area contributed by atoms with Crippen LogP contribution < -0.4 is 9.47 Å². The molecule has 2 aromatic rings. The molecule has 1 aliphatic heterocycles. The molecule has 1 heterocycles. The number of methoxy groups -OCH3 is 1. The number of rotatable bonds is 6. The number of hydrogen-bond donors (Lipinski definition) is 0. The molecule has 0 aliphatic carbocycles. The molecule has 0 saturated carbocycles. The molecule has 0 spiro atoms. The normalized spacial score (nSPS) is 15.4. The monoisotopic (exact) mass is 357 g/mol. The summed E-state index contributed by atoms with van der Waals surface area (Å²) in [5.74, 6) is 1.04. The first-order valence-electron chi connectivity index (χ1n) is 8.67. The van der Waals surface area contributed by atoms with Gasteiger partial charge in [0, 0.05) is 26.2 Å². The van der Waals surface area contributed by atoms with Gasteiger partial charge in [-0.15, -0.1) is 0 Å². The summed E-state index contributed by atoms with van der Waals surface area (Å²) in [4.78, 5) is 2.29. The van der Waals surface area contributed by atoms with Crippen molar-refractivity contribution in [2.24, 2.45) is 5.10 Å². The fraction of sp³-hybridized carbons (Fsp3) is 0.350. The van der Waals surface area contributed by atoms with Gasteiger partial charge in [0.25, 0.3) is 0 Å². The smallest absolute Gasteiger partial charge is 0.161 e. The number of benzene rings is 2.